The van der Waals surface area contributed by atoms with Crippen LogP contribution in [0.2, 0.25) is 0 Å². The molecule has 0 bridgehead atoms. The third-order valence-corrected chi connectivity index (χ3v) is 5.07. The highest BCUT2D eigenvalue weighted by Crippen LogP contribution is 2.22. The van der Waals surface area contributed by atoms with Gasteiger partial charge in [0.15, 0.2) is 0 Å². The van der Waals surface area contributed by atoms with Crippen LogP contribution in [0.5, 0.6) is 0 Å². The van der Waals surface area contributed by atoms with Gasteiger partial charge in [0, 0.05) is 18.7 Å². The summed E-state index contributed by atoms with van der Waals surface area (Å²) in [5, 5.41) is 6.40. The van der Waals surface area contributed by atoms with Crippen LogP contribution < -0.4 is 10.6 Å². The molecule has 7 heteroatoms. The van der Waals surface area contributed by atoms with Gasteiger partial charge in [0.1, 0.15) is 6.04 Å². The van der Waals surface area contributed by atoms with Gasteiger partial charge in [-0.2, -0.15) is 0 Å². The average molecular weight is 336 g/mol. The maximum atomic E-state index is 12.2. The second kappa shape index (κ2) is 9.54. The molecule has 2 atom stereocenters. The minimum atomic E-state index is -0.267. The molecule has 2 unspecified atom stereocenters. The van der Waals surface area contributed by atoms with Crippen LogP contribution in [0.3, 0.4) is 0 Å². The molecule has 122 valence electrons. The summed E-state index contributed by atoms with van der Waals surface area (Å²) in [4.78, 5) is 25.7. The van der Waals surface area contributed by atoms with E-state index in [9.17, 15) is 9.59 Å². The number of thioether (sulfide) groups is 1. The lowest BCUT2D eigenvalue weighted by atomic mass is 9.96. The van der Waals surface area contributed by atoms with Crippen molar-refractivity contribution >= 4 is 36.0 Å². The maximum absolute atomic E-state index is 12.2. The van der Waals surface area contributed by atoms with Crippen molar-refractivity contribution < 1.29 is 9.59 Å². The van der Waals surface area contributed by atoms with Gasteiger partial charge in [-0.1, -0.05) is 6.92 Å². The predicted octanol–water partition coefficient (Wildman–Crippen LogP) is 1.23. The summed E-state index contributed by atoms with van der Waals surface area (Å²) in [6.07, 6.45) is 3.98. The zero-order chi connectivity index (χ0) is 14.4. The van der Waals surface area contributed by atoms with E-state index >= 15 is 0 Å². The fourth-order valence-electron chi connectivity index (χ4n) is 2.80. The van der Waals surface area contributed by atoms with Crippen LogP contribution in [-0.2, 0) is 9.59 Å². The Labute approximate surface area is 137 Å². The van der Waals surface area contributed by atoms with Crippen LogP contribution in [0.4, 0.5) is 0 Å². The van der Waals surface area contributed by atoms with E-state index in [0.717, 1.165) is 31.8 Å². The van der Waals surface area contributed by atoms with Crippen molar-refractivity contribution in [2.75, 3.05) is 31.3 Å². The Hall–Kier alpha value is -0.460. The number of hydrogen-bond donors (Lipinski definition) is 2. The highest BCUT2D eigenvalue weighted by molar-refractivity contribution is 7.99. The first kappa shape index (κ1) is 18.6. The molecule has 2 aliphatic rings. The first-order valence-corrected chi connectivity index (χ1v) is 8.73. The molecule has 2 saturated heterocycles. The molecule has 0 radical (unpaired) electrons. The van der Waals surface area contributed by atoms with Gasteiger partial charge < -0.3 is 15.5 Å². The first-order valence-electron chi connectivity index (χ1n) is 7.58. The first-order chi connectivity index (χ1) is 9.72. The Kier molecular flexibility index (Phi) is 8.44. The molecule has 0 aliphatic carbocycles. The molecule has 2 amide bonds. The molecule has 21 heavy (non-hydrogen) atoms. The number of nitrogens with one attached hydrogen (secondary N) is 2. The summed E-state index contributed by atoms with van der Waals surface area (Å²) in [6, 6.07) is -0.267. The molecule has 2 fully saturated rings. The highest BCUT2D eigenvalue weighted by atomic mass is 35.5. The quantitative estimate of drug-likeness (QED) is 0.793. The lowest BCUT2D eigenvalue weighted by Crippen LogP contribution is -2.47. The summed E-state index contributed by atoms with van der Waals surface area (Å²) >= 11 is 1.66. The summed E-state index contributed by atoms with van der Waals surface area (Å²) in [6.45, 7) is 4.75. The number of carbonyl (C=O) groups excluding carboxylic acids is 2. The van der Waals surface area contributed by atoms with Crippen molar-refractivity contribution in [1.29, 1.82) is 0 Å². The van der Waals surface area contributed by atoms with Crippen molar-refractivity contribution in [2.24, 2.45) is 5.92 Å². The van der Waals surface area contributed by atoms with Crippen LogP contribution in [0.15, 0.2) is 0 Å². The van der Waals surface area contributed by atoms with E-state index < -0.39 is 0 Å². The highest BCUT2D eigenvalue weighted by Gasteiger charge is 2.33. The van der Waals surface area contributed by atoms with Crippen LogP contribution in [0, 0.1) is 5.92 Å². The maximum Gasteiger partial charge on any atom is 0.243 e. The van der Waals surface area contributed by atoms with Crippen molar-refractivity contribution in [3.05, 3.63) is 0 Å². The standard InChI is InChI=1S/C14H25N3O2S.ClH/c1-2-13(18)17-10-20-9-12(17)14(19)16-7-5-11-4-3-6-15-8-11;/h11-12,15H,2-10H2,1H3,(H,16,19);1H. The summed E-state index contributed by atoms with van der Waals surface area (Å²) in [7, 11) is 0. The molecule has 2 aliphatic heterocycles. The number of hydrogen-bond acceptors (Lipinski definition) is 4. The van der Waals surface area contributed by atoms with Crippen LogP contribution in [0.1, 0.15) is 32.6 Å². The number of amides is 2. The van der Waals surface area contributed by atoms with Crippen molar-refractivity contribution in [3.8, 4) is 0 Å². The lowest BCUT2D eigenvalue weighted by molar-refractivity contribution is -0.137. The Morgan fingerprint density at radius 2 is 2.24 bits per heavy atom. The van der Waals surface area contributed by atoms with E-state index in [1.165, 1.54) is 12.8 Å². The number of piperidine rings is 1. The minimum absolute atomic E-state index is 0. The smallest absolute Gasteiger partial charge is 0.243 e. The molecule has 5 nitrogen and oxygen atoms in total. The van der Waals surface area contributed by atoms with Crippen LogP contribution in [-0.4, -0.2) is 54.0 Å². The lowest BCUT2D eigenvalue weighted by Gasteiger charge is -2.24. The second-order valence-electron chi connectivity index (χ2n) is 5.52. The summed E-state index contributed by atoms with van der Waals surface area (Å²) in [5.74, 6) is 2.14. The molecule has 2 rings (SSSR count). The van der Waals surface area contributed by atoms with Gasteiger partial charge in [0.05, 0.1) is 5.88 Å². The number of halogens is 1. The summed E-state index contributed by atoms with van der Waals surface area (Å²) in [5.41, 5.74) is 0. The molecular formula is C14H26ClN3O2S. The van der Waals surface area contributed by atoms with Crippen LogP contribution in [0.25, 0.3) is 0 Å². The third kappa shape index (κ3) is 5.34. The van der Waals surface area contributed by atoms with Gasteiger partial charge in [0.2, 0.25) is 11.8 Å². The largest absolute Gasteiger partial charge is 0.354 e. The minimum Gasteiger partial charge on any atom is -0.354 e. The van der Waals surface area contributed by atoms with E-state index in [-0.39, 0.29) is 30.3 Å². The fourth-order valence-corrected chi connectivity index (χ4v) is 3.98. The topological polar surface area (TPSA) is 61.4 Å². The van der Waals surface area contributed by atoms with E-state index in [1.54, 1.807) is 16.7 Å². The third-order valence-electron chi connectivity index (χ3n) is 4.06. The molecule has 0 aromatic heterocycles. The van der Waals surface area contributed by atoms with Gasteiger partial charge in [-0.25, -0.2) is 0 Å². The van der Waals surface area contributed by atoms with Crippen molar-refractivity contribution in [2.45, 2.75) is 38.6 Å². The van der Waals surface area contributed by atoms with Crippen LogP contribution >= 0.6 is 24.2 Å². The molecule has 2 heterocycles. The Morgan fingerprint density at radius 3 is 2.90 bits per heavy atom. The van der Waals surface area contributed by atoms with E-state index in [0.29, 0.717) is 18.2 Å². The summed E-state index contributed by atoms with van der Waals surface area (Å²) < 4.78 is 0. The SMILES string of the molecule is CCC(=O)N1CSCC1C(=O)NCCC1CCCNC1.Cl. The molecule has 2 N–H and O–H groups in total. The number of rotatable bonds is 5. The van der Waals surface area contributed by atoms with Crippen molar-refractivity contribution in [3.63, 3.8) is 0 Å². The van der Waals surface area contributed by atoms with Gasteiger partial charge in [-0.15, -0.1) is 24.2 Å². The van der Waals surface area contributed by atoms with Gasteiger partial charge in [-0.05, 0) is 38.3 Å². The zero-order valence-electron chi connectivity index (χ0n) is 12.6. The molecule has 0 spiro atoms. The van der Waals surface area contributed by atoms with Gasteiger partial charge in [-0.3, -0.25) is 9.59 Å². The average Bonchev–Trinajstić information content (AvgIpc) is 2.97. The van der Waals surface area contributed by atoms with Gasteiger partial charge >= 0.3 is 0 Å². The van der Waals surface area contributed by atoms with E-state index in [2.05, 4.69) is 10.6 Å². The van der Waals surface area contributed by atoms with Gasteiger partial charge in [0.25, 0.3) is 0 Å². The molecular weight excluding hydrogens is 310 g/mol. The molecule has 0 saturated carbocycles. The molecule has 0 aromatic carbocycles. The van der Waals surface area contributed by atoms with E-state index in [1.807, 2.05) is 6.92 Å². The van der Waals surface area contributed by atoms with Crippen molar-refractivity contribution in [1.82, 2.24) is 15.5 Å². The Bertz CT molecular complexity index is 351. The van der Waals surface area contributed by atoms with E-state index in [4.69, 9.17) is 0 Å². The normalized spacial score (nSPS) is 25.3. The second-order valence-corrected chi connectivity index (χ2v) is 6.52. The number of nitrogens with zero attached hydrogens (tertiary/aromatic N) is 1. The Morgan fingerprint density at radius 1 is 1.43 bits per heavy atom. The molecule has 0 aromatic rings. The zero-order valence-corrected chi connectivity index (χ0v) is 14.2. The number of carbonyl (C=O) groups is 2. The monoisotopic (exact) mass is 335 g/mol. The predicted molar refractivity (Wildman–Crippen MR) is 88.7 cm³/mol. The fraction of sp³-hybridized carbons (Fsp3) is 0.857. The Balaban J connectivity index is 0.00000220.